The highest BCUT2D eigenvalue weighted by molar-refractivity contribution is 5.72. The lowest BCUT2D eigenvalue weighted by Crippen LogP contribution is -1.69. The molecule has 0 radical (unpaired) electrons. The predicted octanol–water partition coefficient (Wildman–Crippen LogP) is 3.04. The summed E-state index contributed by atoms with van der Waals surface area (Å²) in [6, 6.07) is 0. The molecule has 0 N–H and O–H groups in total. The molecule has 0 fully saturated rings. The summed E-state index contributed by atoms with van der Waals surface area (Å²) in [5, 5.41) is 0. The Kier molecular flexibility index (Phi) is 44.7. The number of ketones is 1. The van der Waals surface area contributed by atoms with Crippen molar-refractivity contribution in [2.45, 2.75) is 48.0 Å². The zero-order valence-corrected chi connectivity index (χ0v) is 7.62. The van der Waals surface area contributed by atoms with Crippen LogP contribution in [0.1, 0.15) is 48.0 Å². The van der Waals surface area contributed by atoms with E-state index < -0.39 is 0 Å². The van der Waals surface area contributed by atoms with Crippen LogP contribution in [0.2, 0.25) is 0 Å². The standard InChI is InChI=1S/C3H6O.C3H8.C2H6/c1-3(2)4;1-3-2;1-2/h1-2H3;3H2,1-2H3;1-2H3. The highest BCUT2D eigenvalue weighted by Gasteiger charge is 1.62. The van der Waals surface area contributed by atoms with Crippen LogP contribution in [0.5, 0.6) is 0 Å². The molecule has 0 aromatic heterocycles. The maximum absolute atomic E-state index is 9.44. The molecule has 0 aromatic rings. The number of hydrogen-bond donors (Lipinski definition) is 0. The van der Waals surface area contributed by atoms with Crippen molar-refractivity contribution in [3.05, 3.63) is 0 Å². The molecule has 0 aromatic carbocycles. The lowest BCUT2D eigenvalue weighted by atomic mass is 10.6. The maximum atomic E-state index is 9.44. The molecule has 0 unspecified atom stereocenters. The van der Waals surface area contributed by atoms with E-state index in [1.54, 1.807) is 0 Å². The molecule has 0 aliphatic heterocycles. The Morgan fingerprint density at radius 2 is 1.11 bits per heavy atom. The fourth-order valence-electron chi connectivity index (χ4n) is 0. The first kappa shape index (κ1) is 15.9. The molecule has 0 rings (SSSR count). The van der Waals surface area contributed by atoms with Crippen molar-refractivity contribution in [2.75, 3.05) is 0 Å². The van der Waals surface area contributed by atoms with Gasteiger partial charge < -0.3 is 4.79 Å². The molecule has 0 saturated carbocycles. The fourth-order valence-corrected chi connectivity index (χ4v) is 0. The average molecular weight is 132 g/mol. The minimum Gasteiger partial charge on any atom is -0.300 e. The van der Waals surface area contributed by atoms with Gasteiger partial charge >= 0.3 is 0 Å². The molecule has 0 aliphatic rings. The number of carbonyl (C=O) groups excluding carboxylic acids is 1. The summed E-state index contributed by atoms with van der Waals surface area (Å²) in [5.41, 5.74) is 0. The van der Waals surface area contributed by atoms with E-state index in [-0.39, 0.29) is 5.78 Å². The van der Waals surface area contributed by atoms with Crippen LogP contribution in [0.4, 0.5) is 0 Å². The summed E-state index contributed by atoms with van der Waals surface area (Å²) in [5.74, 6) is 0.167. The van der Waals surface area contributed by atoms with Gasteiger partial charge in [-0.3, -0.25) is 0 Å². The fraction of sp³-hybridized carbons (Fsp3) is 0.875. The van der Waals surface area contributed by atoms with Crippen molar-refractivity contribution in [1.29, 1.82) is 0 Å². The second kappa shape index (κ2) is 25.3. The Labute approximate surface area is 59.5 Å². The summed E-state index contributed by atoms with van der Waals surface area (Å²) >= 11 is 0. The molecule has 0 aliphatic carbocycles. The Morgan fingerprint density at radius 3 is 1.11 bits per heavy atom. The lowest BCUT2D eigenvalue weighted by molar-refractivity contribution is -0.114. The summed E-state index contributed by atoms with van der Waals surface area (Å²) in [6.07, 6.45) is 1.25. The SMILES string of the molecule is CC.CC(C)=O.CCC. The van der Waals surface area contributed by atoms with E-state index >= 15 is 0 Å². The van der Waals surface area contributed by atoms with Crippen molar-refractivity contribution in [3.8, 4) is 0 Å². The van der Waals surface area contributed by atoms with Gasteiger partial charge in [0.2, 0.25) is 0 Å². The number of hydrogen-bond acceptors (Lipinski definition) is 1. The Hall–Kier alpha value is -0.330. The van der Waals surface area contributed by atoms with Crippen molar-refractivity contribution in [1.82, 2.24) is 0 Å². The molecular weight excluding hydrogens is 112 g/mol. The van der Waals surface area contributed by atoms with E-state index in [1.807, 2.05) is 13.8 Å². The van der Waals surface area contributed by atoms with Crippen molar-refractivity contribution < 1.29 is 4.79 Å². The Morgan fingerprint density at radius 1 is 1.11 bits per heavy atom. The molecular formula is C8H20O. The van der Waals surface area contributed by atoms with E-state index in [4.69, 9.17) is 0 Å². The summed E-state index contributed by atoms with van der Waals surface area (Å²) in [4.78, 5) is 9.44. The van der Waals surface area contributed by atoms with Crippen LogP contribution in [0.15, 0.2) is 0 Å². The number of rotatable bonds is 0. The first-order chi connectivity index (χ1) is 4.15. The monoisotopic (exact) mass is 132 g/mol. The van der Waals surface area contributed by atoms with Crippen LogP contribution in [-0.4, -0.2) is 5.78 Å². The van der Waals surface area contributed by atoms with Crippen LogP contribution in [0.3, 0.4) is 0 Å². The Bertz CT molecular complexity index is 35.8. The smallest absolute Gasteiger partial charge is 0.126 e. The third kappa shape index (κ3) is 2260. The number of Topliss-reactive ketones (excluding diaryl/α,β-unsaturated/α-hetero) is 1. The highest BCUT2D eigenvalue weighted by Crippen LogP contribution is 1.56. The van der Waals surface area contributed by atoms with Gasteiger partial charge in [-0.25, -0.2) is 0 Å². The number of carbonyl (C=O) groups is 1. The lowest BCUT2D eigenvalue weighted by Gasteiger charge is -1.56. The first-order valence-corrected chi connectivity index (χ1v) is 3.62. The zero-order chi connectivity index (χ0) is 8.28. The normalized spacial score (nSPS) is 5.56. The van der Waals surface area contributed by atoms with Crippen molar-refractivity contribution in [2.24, 2.45) is 0 Å². The van der Waals surface area contributed by atoms with Gasteiger partial charge in [-0.15, -0.1) is 0 Å². The van der Waals surface area contributed by atoms with E-state index in [0.717, 1.165) is 0 Å². The first-order valence-electron chi connectivity index (χ1n) is 3.62. The van der Waals surface area contributed by atoms with Crippen LogP contribution in [-0.2, 0) is 4.79 Å². The quantitative estimate of drug-likeness (QED) is 0.495. The van der Waals surface area contributed by atoms with Crippen molar-refractivity contribution in [3.63, 3.8) is 0 Å². The van der Waals surface area contributed by atoms with Gasteiger partial charge in [-0.2, -0.15) is 0 Å². The van der Waals surface area contributed by atoms with Gasteiger partial charge in [-0.1, -0.05) is 34.1 Å². The van der Waals surface area contributed by atoms with Gasteiger partial charge in [-0.05, 0) is 13.8 Å². The van der Waals surface area contributed by atoms with Gasteiger partial charge in [0.15, 0.2) is 0 Å². The second-order valence-corrected chi connectivity index (χ2v) is 1.62. The van der Waals surface area contributed by atoms with Gasteiger partial charge in [0, 0.05) is 0 Å². The molecule has 0 amide bonds. The molecule has 0 saturated heterocycles. The van der Waals surface area contributed by atoms with E-state index in [0.29, 0.717) is 0 Å². The van der Waals surface area contributed by atoms with Crippen molar-refractivity contribution >= 4 is 5.78 Å². The third-order valence-electron chi connectivity index (χ3n) is 0. The largest absolute Gasteiger partial charge is 0.300 e. The molecule has 1 nitrogen and oxygen atoms in total. The summed E-state index contributed by atoms with van der Waals surface area (Å²) in [7, 11) is 0. The maximum Gasteiger partial charge on any atom is 0.126 e. The minimum absolute atomic E-state index is 0.167. The van der Waals surface area contributed by atoms with Crippen LogP contribution >= 0.6 is 0 Å². The average Bonchev–Trinajstić information content (AvgIpc) is 1.71. The summed E-state index contributed by atoms with van der Waals surface area (Å²) < 4.78 is 0. The molecule has 0 heterocycles. The molecule has 0 atom stereocenters. The molecule has 0 bridgehead atoms. The van der Waals surface area contributed by atoms with Crippen LogP contribution in [0.25, 0.3) is 0 Å². The summed E-state index contributed by atoms with van der Waals surface area (Å²) in [6.45, 7) is 11.3. The van der Waals surface area contributed by atoms with E-state index in [2.05, 4.69) is 13.8 Å². The zero-order valence-electron chi connectivity index (χ0n) is 7.62. The molecule has 9 heavy (non-hydrogen) atoms. The molecule has 0 spiro atoms. The highest BCUT2D eigenvalue weighted by atomic mass is 16.1. The van der Waals surface area contributed by atoms with Gasteiger partial charge in [0.05, 0.1) is 0 Å². The second-order valence-electron chi connectivity index (χ2n) is 1.62. The van der Waals surface area contributed by atoms with Gasteiger partial charge in [0.25, 0.3) is 0 Å². The third-order valence-corrected chi connectivity index (χ3v) is 0. The van der Waals surface area contributed by atoms with Crippen LogP contribution in [0, 0.1) is 0 Å². The minimum atomic E-state index is 0.167. The topological polar surface area (TPSA) is 17.1 Å². The van der Waals surface area contributed by atoms with E-state index in [1.165, 1.54) is 20.3 Å². The Balaban J connectivity index is -0.0000000646. The van der Waals surface area contributed by atoms with Gasteiger partial charge in [0.1, 0.15) is 5.78 Å². The molecule has 58 valence electrons. The molecule has 1 heteroatoms. The van der Waals surface area contributed by atoms with Crippen LogP contribution < -0.4 is 0 Å². The predicted molar refractivity (Wildman–Crippen MR) is 43.7 cm³/mol. The van der Waals surface area contributed by atoms with E-state index in [9.17, 15) is 4.79 Å².